The Morgan fingerprint density at radius 2 is 1.83 bits per heavy atom. The highest BCUT2D eigenvalue weighted by atomic mass is 16.3. The molecule has 0 aliphatic carbocycles. The number of carbonyl (C=O) groups excluding carboxylic acids is 2. The molecule has 10 heteroatoms. The van der Waals surface area contributed by atoms with Crippen LogP contribution in [0, 0.1) is 0 Å². The number of pyridine rings is 4. The number of nitrogens with zero attached hydrogens (tertiary/aromatic N) is 5. The summed E-state index contributed by atoms with van der Waals surface area (Å²) in [5, 5.41) is 13.1. The predicted molar refractivity (Wildman–Crippen MR) is 135 cm³/mol. The van der Waals surface area contributed by atoms with Gasteiger partial charge in [0, 0.05) is 55.5 Å². The van der Waals surface area contributed by atoms with Gasteiger partial charge >= 0.3 is 0 Å². The van der Waals surface area contributed by atoms with E-state index < -0.39 is 6.10 Å². The molecule has 0 spiro atoms. The van der Waals surface area contributed by atoms with Gasteiger partial charge in [-0.05, 0) is 50.1 Å². The lowest BCUT2D eigenvalue weighted by Crippen LogP contribution is -2.44. The smallest absolute Gasteiger partial charge is 0.251 e. The number of amides is 2. The maximum absolute atomic E-state index is 13.1. The van der Waals surface area contributed by atoms with Gasteiger partial charge in [0.2, 0.25) is 5.91 Å². The fraction of sp³-hybridized carbons (Fsp3) is 0.308. The third kappa shape index (κ3) is 4.42. The predicted octanol–water partition coefficient (Wildman–Crippen LogP) is 2.51. The summed E-state index contributed by atoms with van der Waals surface area (Å²) >= 11 is 0. The van der Waals surface area contributed by atoms with Crippen LogP contribution >= 0.6 is 0 Å². The number of nitrogens with one attached hydrogen (secondary N) is 1. The normalized spacial score (nSPS) is 15.2. The van der Waals surface area contributed by atoms with E-state index in [4.69, 9.17) is 4.98 Å². The second-order valence-electron chi connectivity index (χ2n) is 9.01. The minimum absolute atomic E-state index is 0.117. The largest absolute Gasteiger partial charge is 0.384 e. The van der Waals surface area contributed by atoms with Crippen molar-refractivity contribution in [3.8, 4) is 11.3 Å². The van der Waals surface area contributed by atoms with E-state index in [1.165, 1.54) is 19.9 Å². The minimum atomic E-state index is -1.04. The van der Waals surface area contributed by atoms with Crippen molar-refractivity contribution in [1.82, 2.24) is 24.4 Å². The maximum atomic E-state index is 13.1. The van der Waals surface area contributed by atoms with E-state index in [1.54, 1.807) is 34.0 Å². The molecule has 0 bridgehead atoms. The van der Waals surface area contributed by atoms with E-state index in [-0.39, 0.29) is 23.4 Å². The van der Waals surface area contributed by atoms with Gasteiger partial charge in [0.1, 0.15) is 17.4 Å². The van der Waals surface area contributed by atoms with E-state index in [0.29, 0.717) is 54.0 Å². The van der Waals surface area contributed by atoms with Crippen molar-refractivity contribution in [2.45, 2.75) is 38.8 Å². The molecule has 4 aromatic heterocycles. The summed E-state index contributed by atoms with van der Waals surface area (Å²) in [6, 6.07) is 10.4. The number of rotatable bonds is 4. The molecule has 0 aromatic carbocycles. The summed E-state index contributed by atoms with van der Waals surface area (Å²) in [6.45, 7) is 3.82. The van der Waals surface area contributed by atoms with Gasteiger partial charge in [-0.2, -0.15) is 0 Å². The van der Waals surface area contributed by atoms with Crippen LogP contribution in [0.3, 0.4) is 0 Å². The number of piperidine rings is 1. The van der Waals surface area contributed by atoms with Crippen molar-refractivity contribution < 1.29 is 14.7 Å². The first-order valence-corrected chi connectivity index (χ1v) is 11.8. The van der Waals surface area contributed by atoms with Crippen LogP contribution in [-0.2, 0) is 9.59 Å². The van der Waals surface area contributed by atoms with E-state index in [2.05, 4.69) is 15.3 Å². The summed E-state index contributed by atoms with van der Waals surface area (Å²) in [5.41, 5.74) is 3.27. The molecule has 1 saturated heterocycles. The van der Waals surface area contributed by atoms with E-state index in [0.717, 1.165) is 10.9 Å². The van der Waals surface area contributed by atoms with Crippen molar-refractivity contribution in [3.05, 3.63) is 59.1 Å². The van der Waals surface area contributed by atoms with Crippen molar-refractivity contribution in [3.63, 3.8) is 0 Å². The molecule has 5 heterocycles. The van der Waals surface area contributed by atoms with Crippen LogP contribution < -0.4 is 10.9 Å². The Labute approximate surface area is 206 Å². The third-order valence-corrected chi connectivity index (χ3v) is 6.46. The minimum Gasteiger partial charge on any atom is -0.384 e. The number of fused-ring (bicyclic) bond motifs is 3. The number of hydrogen-bond donors (Lipinski definition) is 2. The van der Waals surface area contributed by atoms with Gasteiger partial charge in [-0.25, -0.2) is 9.97 Å². The number of anilines is 1. The molecule has 1 aliphatic heterocycles. The quantitative estimate of drug-likeness (QED) is 0.424. The first-order valence-electron chi connectivity index (χ1n) is 11.8. The van der Waals surface area contributed by atoms with E-state index in [1.807, 2.05) is 18.2 Å². The fourth-order valence-corrected chi connectivity index (χ4v) is 4.73. The van der Waals surface area contributed by atoms with Crippen molar-refractivity contribution in [2.24, 2.45) is 0 Å². The van der Waals surface area contributed by atoms with Gasteiger partial charge in [-0.1, -0.05) is 0 Å². The van der Waals surface area contributed by atoms with Crippen LogP contribution in [0.5, 0.6) is 0 Å². The van der Waals surface area contributed by atoms with Crippen LogP contribution in [0.15, 0.2) is 53.6 Å². The number of hydrogen-bond acceptors (Lipinski definition) is 7. The number of carbonyl (C=O) groups is 2. The average Bonchev–Trinajstić information content (AvgIpc) is 2.88. The molecule has 36 heavy (non-hydrogen) atoms. The topological polar surface area (TPSA) is 130 Å². The number of aliphatic hydroxyl groups is 1. The molecule has 184 valence electrons. The summed E-state index contributed by atoms with van der Waals surface area (Å²) < 4.78 is 1.78. The Kier molecular flexibility index (Phi) is 6.19. The standard InChI is InChI=1S/C26H26N6O4/c1-15(33)26(36)31-11-9-19(10-12-31)32-23(35)8-4-18-14-27-21-6-5-20(30-24(21)25(18)32)17-3-7-22(28-13-17)29-16(2)34/h3-8,13-15,19,33H,9-12H2,1-2H3,(H,28,29,34)/t15-/m1/s1. The van der Waals surface area contributed by atoms with Crippen LogP contribution in [0.4, 0.5) is 5.82 Å². The second-order valence-corrected chi connectivity index (χ2v) is 9.01. The summed E-state index contributed by atoms with van der Waals surface area (Å²) in [7, 11) is 0. The summed E-state index contributed by atoms with van der Waals surface area (Å²) in [6.07, 6.45) is 3.52. The SMILES string of the molecule is CC(=O)Nc1ccc(-c2ccc3ncc4ccc(=O)n(C5CCN(C(=O)[C@@H](C)O)CC5)c4c3n2)cn1. The molecule has 1 fully saturated rings. The Morgan fingerprint density at radius 1 is 1.06 bits per heavy atom. The first-order chi connectivity index (χ1) is 17.3. The van der Waals surface area contributed by atoms with Gasteiger partial charge in [-0.3, -0.25) is 19.4 Å². The Hall–Kier alpha value is -4.18. The molecular formula is C26H26N6O4. The van der Waals surface area contributed by atoms with Crippen molar-refractivity contribution in [1.29, 1.82) is 0 Å². The zero-order valence-corrected chi connectivity index (χ0v) is 20.0. The van der Waals surface area contributed by atoms with Crippen molar-refractivity contribution in [2.75, 3.05) is 18.4 Å². The molecule has 0 saturated carbocycles. The first kappa shape index (κ1) is 23.6. The molecule has 1 aliphatic rings. The van der Waals surface area contributed by atoms with Crippen LogP contribution in [-0.4, -0.2) is 60.5 Å². The molecular weight excluding hydrogens is 460 g/mol. The zero-order valence-electron chi connectivity index (χ0n) is 20.0. The average molecular weight is 487 g/mol. The maximum Gasteiger partial charge on any atom is 0.251 e. The Bertz CT molecular complexity index is 1520. The second kappa shape index (κ2) is 9.46. The van der Waals surface area contributed by atoms with Gasteiger partial charge < -0.3 is 19.9 Å². The molecule has 2 amide bonds. The van der Waals surface area contributed by atoms with Crippen LogP contribution in [0.2, 0.25) is 0 Å². The van der Waals surface area contributed by atoms with Gasteiger partial charge in [0.15, 0.2) is 0 Å². The van der Waals surface area contributed by atoms with Gasteiger partial charge in [-0.15, -0.1) is 0 Å². The highest BCUT2D eigenvalue weighted by molar-refractivity contribution is 6.01. The lowest BCUT2D eigenvalue weighted by Gasteiger charge is -2.34. The monoisotopic (exact) mass is 486 g/mol. The van der Waals surface area contributed by atoms with Crippen LogP contribution in [0.1, 0.15) is 32.7 Å². The molecule has 10 nitrogen and oxygen atoms in total. The molecule has 4 aromatic rings. The van der Waals surface area contributed by atoms with Gasteiger partial charge in [0.25, 0.3) is 11.5 Å². The number of likely N-dealkylation sites (tertiary alicyclic amines) is 1. The molecule has 2 N–H and O–H groups in total. The number of aromatic nitrogens is 4. The fourth-order valence-electron chi connectivity index (χ4n) is 4.73. The summed E-state index contributed by atoms with van der Waals surface area (Å²) in [5.74, 6) is -0.0399. The molecule has 0 radical (unpaired) electrons. The third-order valence-electron chi connectivity index (χ3n) is 6.46. The molecule has 5 rings (SSSR count). The van der Waals surface area contributed by atoms with Gasteiger partial charge in [0.05, 0.1) is 16.7 Å². The highest BCUT2D eigenvalue weighted by Crippen LogP contribution is 2.30. The van der Waals surface area contributed by atoms with E-state index in [9.17, 15) is 19.5 Å². The van der Waals surface area contributed by atoms with E-state index >= 15 is 0 Å². The van der Waals surface area contributed by atoms with Crippen molar-refractivity contribution >= 4 is 39.6 Å². The molecule has 0 unspecified atom stereocenters. The number of aliphatic hydroxyl groups excluding tert-OH is 1. The summed E-state index contributed by atoms with van der Waals surface area (Å²) in [4.78, 5) is 52.0. The zero-order chi connectivity index (χ0) is 25.4. The highest BCUT2D eigenvalue weighted by Gasteiger charge is 2.27. The lowest BCUT2D eigenvalue weighted by molar-refractivity contribution is -0.140. The Balaban J connectivity index is 1.57. The van der Waals surface area contributed by atoms with Crippen LogP contribution in [0.25, 0.3) is 33.2 Å². The Morgan fingerprint density at radius 3 is 2.50 bits per heavy atom. The lowest BCUT2D eigenvalue weighted by atomic mass is 10.0. The molecule has 1 atom stereocenters.